The van der Waals surface area contributed by atoms with Gasteiger partial charge < -0.3 is 10.5 Å². The van der Waals surface area contributed by atoms with Crippen LogP contribution in [0.25, 0.3) is 0 Å². The highest BCUT2D eigenvalue weighted by atomic mass is 79.9. The number of hydrogen-bond acceptors (Lipinski definition) is 4. The van der Waals surface area contributed by atoms with E-state index in [1.807, 2.05) is 11.4 Å². The molecule has 0 aliphatic rings. The molecule has 1 atom stereocenters. The molecule has 0 amide bonds. The quantitative estimate of drug-likeness (QED) is 0.946. The maximum Gasteiger partial charge on any atom is 0.250 e. The van der Waals surface area contributed by atoms with Crippen LogP contribution in [0.5, 0.6) is 5.88 Å². The number of nitrogens with zero attached hydrogens (tertiary/aromatic N) is 1. The molecule has 3 nitrogen and oxygen atoms in total. The van der Waals surface area contributed by atoms with Gasteiger partial charge in [0.15, 0.2) is 5.82 Å². The average molecular weight is 317 g/mol. The van der Waals surface area contributed by atoms with Crippen LogP contribution < -0.4 is 10.5 Å². The number of rotatable bonds is 3. The summed E-state index contributed by atoms with van der Waals surface area (Å²) in [5, 5.41) is 1.91. The van der Waals surface area contributed by atoms with Crippen LogP contribution in [0.1, 0.15) is 16.5 Å². The molecule has 2 aromatic heterocycles. The summed E-state index contributed by atoms with van der Waals surface area (Å²) in [5.74, 6) is -0.541. The number of nitrogens with two attached hydrogens (primary N) is 1. The van der Waals surface area contributed by atoms with Crippen molar-refractivity contribution in [2.45, 2.75) is 6.04 Å². The van der Waals surface area contributed by atoms with Crippen LogP contribution in [0.4, 0.5) is 4.39 Å². The second-order valence-electron chi connectivity index (χ2n) is 3.37. The van der Waals surface area contributed by atoms with Crippen molar-refractivity contribution in [3.63, 3.8) is 0 Å². The Balaban J connectivity index is 2.40. The largest absolute Gasteiger partial charge is 0.479 e. The molecule has 0 aliphatic carbocycles. The summed E-state index contributed by atoms with van der Waals surface area (Å²) >= 11 is 4.82. The fraction of sp³-hybridized carbons (Fsp3) is 0.182. The van der Waals surface area contributed by atoms with E-state index in [0.29, 0.717) is 5.56 Å². The predicted molar refractivity (Wildman–Crippen MR) is 68.8 cm³/mol. The summed E-state index contributed by atoms with van der Waals surface area (Å²) < 4.78 is 19.7. The zero-order valence-corrected chi connectivity index (χ0v) is 11.4. The van der Waals surface area contributed by atoms with Gasteiger partial charge in [0.25, 0.3) is 0 Å². The number of methoxy groups -OCH3 is 1. The van der Waals surface area contributed by atoms with Crippen LogP contribution in [-0.2, 0) is 0 Å². The average Bonchev–Trinajstić information content (AvgIpc) is 2.75. The molecular weight excluding hydrogens is 307 g/mol. The molecule has 0 aromatic carbocycles. The lowest BCUT2D eigenvalue weighted by molar-refractivity contribution is 0.366. The topological polar surface area (TPSA) is 48.1 Å². The molecule has 2 N–H and O–H groups in total. The van der Waals surface area contributed by atoms with Crippen molar-refractivity contribution < 1.29 is 9.13 Å². The maximum absolute atomic E-state index is 13.9. The van der Waals surface area contributed by atoms with Crippen molar-refractivity contribution in [2.24, 2.45) is 5.73 Å². The fourth-order valence-electron chi connectivity index (χ4n) is 1.47. The van der Waals surface area contributed by atoms with Crippen molar-refractivity contribution in [3.8, 4) is 5.88 Å². The first kappa shape index (κ1) is 12.5. The fourth-order valence-corrected chi connectivity index (χ4v) is 2.93. The van der Waals surface area contributed by atoms with Crippen molar-refractivity contribution in [3.05, 3.63) is 44.4 Å². The Morgan fingerprint density at radius 2 is 2.35 bits per heavy atom. The summed E-state index contributed by atoms with van der Waals surface area (Å²) in [6.07, 6.45) is 1.49. The molecular formula is C11H10BrFN2OS. The number of hydrogen-bond donors (Lipinski definition) is 1. The number of pyridine rings is 1. The van der Waals surface area contributed by atoms with Crippen molar-refractivity contribution in [2.75, 3.05) is 7.11 Å². The van der Waals surface area contributed by atoms with Crippen molar-refractivity contribution in [1.82, 2.24) is 4.98 Å². The molecule has 0 bridgehead atoms. The molecule has 0 saturated heterocycles. The molecule has 2 heterocycles. The Morgan fingerprint density at radius 1 is 1.59 bits per heavy atom. The molecule has 0 spiro atoms. The van der Waals surface area contributed by atoms with Crippen LogP contribution in [0.2, 0.25) is 0 Å². The van der Waals surface area contributed by atoms with E-state index in [0.717, 1.165) is 9.35 Å². The number of thiophene rings is 1. The lowest BCUT2D eigenvalue weighted by Crippen LogP contribution is -2.13. The Labute approximate surface area is 111 Å². The van der Waals surface area contributed by atoms with Crippen LogP contribution in [0.15, 0.2) is 28.2 Å². The monoisotopic (exact) mass is 316 g/mol. The van der Waals surface area contributed by atoms with Crippen LogP contribution in [-0.4, -0.2) is 12.1 Å². The summed E-state index contributed by atoms with van der Waals surface area (Å²) in [5.41, 5.74) is 6.40. The van der Waals surface area contributed by atoms with Crippen LogP contribution in [0.3, 0.4) is 0 Å². The molecule has 90 valence electrons. The van der Waals surface area contributed by atoms with Gasteiger partial charge in [-0.25, -0.2) is 9.37 Å². The zero-order valence-electron chi connectivity index (χ0n) is 8.98. The van der Waals surface area contributed by atoms with E-state index in [-0.39, 0.29) is 5.88 Å². The van der Waals surface area contributed by atoms with E-state index in [4.69, 9.17) is 10.5 Å². The van der Waals surface area contributed by atoms with Crippen molar-refractivity contribution in [1.29, 1.82) is 0 Å². The number of aromatic nitrogens is 1. The maximum atomic E-state index is 13.9. The van der Waals surface area contributed by atoms with E-state index < -0.39 is 11.9 Å². The number of halogens is 2. The van der Waals surface area contributed by atoms with Gasteiger partial charge in [-0.1, -0.05) is 0 Å². The Kier molecular flexibility index (Phi) is 3.76. The third-order valence-electron chi connectivity index (χ3n) is 2.31. The third-order valence-corrected chi connectivity index (χ3v) is 4.09. The second-order valence-corrected chi connectivity index (χ2v) is 5.23. The SMILES string of the molecule is COc1nccc(C(N)c2cc(Br)cs2)c1F. The standard InChI is InChI=1S/C11H10BrFN2OS/c1-16-11-9(13)7(2-3-15-11)10(14)8-4-6(12)5-17-8/h2-5,10H,14H2,1H3. The van der Waals surface area contributed by atoms with Gasteiger partial charge >= 0.3 is 0 Å². The van der Waals surface area contributed by atoms with Crippen LogP contribution >= 0.6 is 27.3 Å². The van der Waals surface area contributed by atoms with Gasteiger partial charge in [-0.15, -0.1) is 11.3 Å². The third kappa shape index (κ3) is 2.48. The summed E-state index contributed by atoms with van der Waals surface area (Å²) in [6.45, 7) is 0. The Bertz CT molecular complexity index is 532. The van der Waals surface area contributed by atoms with E-state index >= 15 is 0 Å². The van der Waals surface area contributed by atoms with Gasteiger partial charge in [-0.2, -0.15) is 0 Å². The first-order chi connectivity index (χ1) is 8.13. The smallest absolute Gasteiger partial charge is 0.250 e. The molecule has 2 aromatic rings. The Hall–Kier alpha value is -0.980. The molecule has 1 unspecified atom stereocenters. The summed E-state index contributed by atoms with van der Waals surface area (Å²) in [6, 6.07) is 2.93. The van der Waals surface area contributed by atoms with E-state index in [1.165, 1.54) is 24.6 Å². The minimum absolute atomic E-state index is 0.0337. The summed E-state index contributed by atoms with van der Waals surface area (Å²) in [4.78, 5) is 4.66. The summed E-state index contributed by atoms with van der Waals surface area (Å²) in [7, 11) is 1.38. The molecule has 0 fully saturated rings. The molecule has 0 saturated carbocycles. The molecule has 0 aliphatic heterocycles. The van der Waals surface area contributed by atoms with E-state index in [2.05, 4.69) is 20.9 Å². The molecule has 6 heteroatoms. The van der Waals surface area contributed by atoms with Gasteiger partial charge in [-0.3, -0.25) is 0 Å². The van der Waals surface area contributed by atoms with Gasteiger partial charge in [0.1, 0.15) is 0 Å². The van der Waals surface area contributed by atoms with Crippen molar-refractivity contribution >= 4 is 27.3 Å². The first-order valence-corrected chi connectivity index (χ1v) is 6.48. The van der Waals surface area contributed by atoms with Gasteiger partial charge in [-0.05, 0) is 28.1 Å². The van der Waals surface area contributed by atoms with E-state index in [1.54, 1.807) is 6.07 Å². The highest BCUT2D eigenvalue weighted by molar-refractivity contribution is 9.10. The highest BCUT2D eigenvalue weighted by Gasteiger charge is 2.18. The lowest BCUT2D eigenvalue weighted by Gasteiger charge is -2.12. The second kappa shape index (κ2) is 5.12. The highest BCUT2D eigenvalue weighted by Crippen LogP contribution is 2.31. The van der Waals surface area contributed by atoms with E-state index in [9.17, 15) is 4.39 Å². The van der Waals surface area contributed by atoms with Crippen LogP contribution in [0, 0.1) is 5.82 Å². The van der Waals surface area contributed by atoms with Gasteiger partial charge in [0.05, 0.1) is 13.2 Å². The predicted octanol–water partition coefficient (Wildman–Crippen LogP) is 3.10. The van der Waals surface area contributed by atoms with Gasteiger partial charge in [0.2, 0.25) is 5.88 Å². The normalized spacial score (nSPS) is 12.5. The minimum atomic E-state index is -0.511. The zero-order chi connectivity index (χ0) is 12.4. The Morgan fingerprint density at radius 3 is 2.94 bits per heavy atom. The first-order valence-electron chi connectivity index (χ1n) is 4.81. The lowest BCUT2D eigenvalue weighted by atomic mass is 10.1. The molecule has 17 heavy (non-hydrogen) atoms. The molecule has 2 rings (SSSR count). The minimum Gasteiger partial charge on any atom is -0.479 e. The molecule has 0 radical (unpaired) electrons. The number of ether oxygens (including phenoxy) is 1. The van der Waals surface area contributed by atoms with Gasteiger partial charge in [0, 0.05) is 26.5 Å².